The zero-order chi connectivity index (χ0) is 26.3. The van der Waals surface area contributed by atoms with Crippen LogP contribution >= 0.6 is 0 Å². The molecule has 0 fully saturated rings. The van der Waals surface area contributed by atoms with Crippen LogP contribution in [0.2, 0.25) is 0 Å². The van der Waals surface area contributed by atoms with Crippen molar-refractivity contribution in [2.45, 2.75) is 13.8 Å². The van der Waals surface area contributed by atoms with Gasteiger partial charge in [0.15, 0.2) is 11.4 Å². The zero-order valence-corrected chi connectivity index (χ0v) is 20.4. The van der Waals surface area contributed by atoms with Gasteiger partial charge in [-0.2, -0.15) is 10.2 Å². The van der Waals surface area contributed by atoms with Crippen LogP contribution in [0.1, 0.15) is 52.8 Å². The molecule has 12 nitrogen and oxygen atoms in total. The van der Waals surface area contributed by atoms with Gasteiger partial charge in [-0.3, -0.25) is 0 Å². The Labute approximate surface area is 204 Å². The molecule has 0 spiro atoms. The Kier molecular flexibility index (Phi) is 6.19. The predicted molar refractivity (Wildman–Crippen MR) is 124 cm³/mol. The molecule has 0 N–H and O–H groups in total. The fraction of sp³-hybridized carbons (Fsp3) is 0.250. The number of hydrogen-bond donors (Lipinski definition) is 0. The first-order valence-corrected chi connectivity index (χ1v) is 10.6. The minimum atomic E-state index is -0.822. The van der Waals surface area contributed by atoms with Crippen LogP contribution in [0, 0.1) is 13.8 Å². The van der Waals surface area contributed by atoms with Crippen molar-refractivity contribution in [3.63, 3.8) is 0 Å². The van der Waals surface area contributed by atoms with Gasteiger partial charge >= 0.3 is 23.9 Å². The van der Waals surface area contributed by atoms with E-state index in [1.165, 1.54) is 37.5 Å². The van der Waals surface area contributed by atoms with Crippen LogP contribution in [0.5, 0.6) is 0 Å². The monoisotopic (exact) mass is 494 g/mol. The fourth-order valence-electron chi connectivity index (χ4n) is 4.01. The van der Waals surface area contributed by atoms with E-state index < -0.39 is 23.9 Å². The van der Waals surface area contributed by atoms with Gasteiger partial charge in [-0.25, -0.2) is 28.2 Å². The van der Waals surface area contributed by atoms with E-state index in [9.17, 15) is 19.2 Å². The molecule has 12 heteroatoms. The average molecular weight is 494 g/mol. The molecule has 4 rings (SSSR count). The number of pyridine rings is 2. The topological polar surface area (TPSA) is 140 Å². The van der Waals surface area contributed by atoms with Crippen LogP contribution in [0.25, 0.3) is 22.4 Å². The van der Waals surface area contributed by atoms with Gasteiger partial charge in [0.2, 0.25) is 0 Å². The van der Waals surface area contributed by atoms with Crippen molar-refractivity contribution in [2.75, 3.05) is 28.4 Å². The number of aromatic nitrogens is 4. The van der Waals surface area contributed by atoms with Crippen molar-refractivity contribution >= 4 is 34.9 Å². The maximum atomic E-state index is 12.6. The highest BCUT2D eigenvalue weighted by Gasteiger charge is 2.30. The Bertz CT molecular complexity index is 1460. The summed E-state index contributed by atoms with van der Waals surface area (Å²) in [5.74, 6) is -3.18. The molecule has 0 aromatic carbocycles. The van der Waals surface area contributed by atoms with E-state index in [1.54, 1.807) is 38.1 Å². The SMILES string of the molecule is COC(=O)c1nn2c(-c3cc(C)cc4c(C(=O)OC)c(C(=O)OC)nn34)cc(C)cc2c1C(=O)OC. The predicted octanol–water partition coefficient (Wildman–Crippen LogP) is 2.41. The molecule has 0 aliphatic rings. The van der Waals surface area contributed by atoms with Gasteiger partial charge in [-0.15, -0.1) is 0 Å². The molecule has 0 atom stereocenters. The van der Waals surface area contributed by atoms with E-state index in [4.69, 9.17) is 18.9 Å². The van der Waals surface area contributed by atoms with Crippen molar-refractivity contribution < 1.29 is 38.1 Å². The zero-order valence-electron chi connectivity index (χ0n) is 20.4. The number of fused-ring (bicyclic) bond motifs is 2. The number of ether oxygens (including phenoxy) is 4. The third-order valence-electron chi connectivity index (χ3n) is 5.56. The maximum Gasteiger partial charge on any atom is 0.359 e. The maximum absolute atomic E-state index is 12.6. The lowest BCUT2D eigenvalue weighted by Gasteiger charge is -2.11. The van der Waals surface area contributed by atoms with Gasteiger partial charge in [0.25, 0.3) is 0 Å². The molecule has 0 amide bonds. The summed E-state index contributed by atoms with van der Waals surface area (Å²) in [6, 6.07) is 6.86. The number of rotatable bonds is 5. The van der Waals surface area contributed by atoms with E-state index in [2.05, 4.69) is 10.2 Å². The van der Waals surface area contributed by atoms with E-state index in [0.29, 0.717) is 22.4 Å². The lowest BCUT2D eigenvalue weighted by atomic mass is 10.1. The number of carbonyl (C=O) groups excluding carboxylic acids is 4. The van der Waals surface area contributed by atoms with Gasteiger partial charge in [-0.05, 0) is 49.2 Å². The average Bonchev–Trinajstić information content (AvgIpc) is 3.44. The molecule has 0 saturated carbocycles. The number of methoxy groups -OCH3 is 4. The summed E-state index contributed by atoms with van der Waals surface area (Å²) >= 11 is 0. The first kappa shape index (κ1) is 24.4. The molecule has 0 bridgehead atoms. The minimum Gasteiger partial charge on any atom is -0.465 e. The minimum absolute atomic E-state index is 0.0656. The van der Waals surface area contributed by atoms with Gasteiger partial charge in [0, 0.05) is 0 Å². The quantitative estimate of drug-likeness (QED) is 0.300. The Morgan fingerprint density at radius 1 is 0.583 bits per heavy atom. The summed E-state index contributed by atoms with van der Waals surface area (Å²) in [7, 11) is 4.74. The smallest absolute Gasteiger partial charge is 0.359 e. The summed E-state index contributed by atoms with van der Waals surface area (Å²) in [5.41, 5.74) is 2.26. The number of hydrogen-bond acceptors (Lipinski definition) is 10. The van der Waals surface area contributed by atoms with Gasteiger partial charge in [0.1, 0.15) is 11.1 Å². The van der Waals surface area contributed by atoms with Gasteiger partial charge in [-0.1, -0.05) is 0 Å². The normalized spacial score (nSPS) is 10.9. The third-order valence-corrected chi connectivity index (χ3v) is 5.56. The highest BCUT2D eigenvalue weighted by atomic mass is 16.5. The van der Waals surface area contributed by atoms with Crippen molar-refractivity contribution in [3.05, 3.63) is 57.9 Å². The van der Waals surface area contributed by atoms with Gasteiger partial charge < -0.3 is 18.9 Å². The van der Waals surface area contributed by atoms with Crippen LogP contribution < -0.4 is 0 Å². The van der Waals surface area contributed by atoms with E-state index in [-0.39, 0.29) is 22.5 Å². The molecule has 0 unspecified atom stereocenters. The molecule has 4 aromatic rings. The second kappa shape index (κ2) is 9.13. The Hall–Kier alpha value is -4.74. The molecule has 4 aromatic heterocycles. The lowest BCUT2D eigenvalue weighted by molar-refractivity contribution is 0.0553. The van der Waals surface area contributed by atoms with Crippen LogP contribution in [0.3, 0.4) is 0 Å². The molecular formula is C24H22N4O8. The van der Waals surface area contributed by atoms with Crippen molar-refractivity contribution in [3.8, 4) is 11.4 Å². The molecule has 0 saturated heterocycles. The van der Waals surface area contributed by atoms with Crippen molar-refractivity contribution in [2.24, 2.45) is 0 Å². The van der Waals surface area contributed by atoms with Crippen LogP contribution in [0.4, 0.5) is 0 Å². The van der Waals surface area contributed by atoms with E-state index in [0.717, 1.165) is 11.1 Å². The second-order valence-electron chi connectivity index (χ2n) is 7.84. The Morgan fingerprint density at radius 3 is 1.22 bits per heavy atom. The highest BCUT2D eigenvalue weighted by Crippen LogP contribution is 2.30. The molecule has 0 aliphatic carbocycles. The molecule has 0 aliphatic heterocycles. The number of esters is 4. The lowest BCUT2D eigenvalue weighted by Crippen LogP contribution is -2.10. The van der Waals surface area contributed by atoms with Crippen molar-refractivity contribution in [1.29, 1.82) is 0 Å². The summed E-state index contributed by atoms with van der Waals surface area (Å²) < 4.78 is 22.2. The molecule has 0 radical (unpaired) electrons. The summed E-state index contributed by atoms with van der Waals surface area (Å²) in [4.78, 5) is 50.2. The van der Waals surface area contributed by atoms with E-state index in [1.807, 2.05) is 0 Å². The standard InChI is InChI=1S/C24H22N4O8/c1-11-7-13(27-15(9-11)17(21(29)33-3)19(25-27)23(31)35-5)14-8-12(2)10-16-18(22(30)34-4)20(24(32)36-6)26-28(14)16/h7-10H,1-6H3. The molecule has 36 heavy (non-hydrogen) atoms. The Morgan fingerprint density at radius 2 is 0.917 bits per heavy atom. The molecule has 186 valence electrons. The highest BCUT2D eigenvalue weighted by molar-refractivity contribution is 6.08. The van der Waals surface area contributed by atoms with Crippen molar-refractivity contribution in [1.82, 2.24) is 19.2 Å². The molecule has 4 heterocycles. The largest absolute Gasteiger partial charge is 0.465 e. The van der Waals surface area contributed by atoms with Gasteiger partial charge in [0.05, 0.1) is 50.9 Å². The fourth-order valence-corrected chi connectivity index (χ4v) is 4.01. The Balaban J connectivity index is 2.16. The van der Waals surface area contributed by atoms with Crippen LogP contribution in [0.15, 0.2) is 24.3 Å². The first-order valence-electron chi connectivity index (χ1n) is 10.6. The van der Waals surface area contributed by atoms with Crippen LogP contribution in [-0.2, 0) is 18.9 Å². The number of nitrogens with zero attached hydrogens (tertiary/aromatic N) is 4. The number of carbonyl (C=O) groups is 4. The summed E-state index contributed by atoms with van der Waals surface area (Å²) in [5, 5.41) is 8.71. The first-order chi connectivity index (χ1) is 17.2. The second-order valence-corrected chi connectivity index (χ2v) is 7.84. The summed E-state index contributed by atoms with van der Waals surface area (Å²) in [6.45, 7) is 3.59. The number of aryl methyl sites for hydroxylation is 2. The third kappa shape index (κ3) is 3.72. The van der Waals surface area contributed by atoms with E-state index >= 15 is 0 Å². The summed E-state index contributed by atoms with van der Waals surface area (Å²) in [6.07, 6.45) is 0. The molecular weight excluding hydrogens is 472 g/mol. The van der Waals surface area contributed by atoms with Crippen LogP contribution in [-0.4, -0.2) is 71.5 Å².